The van der Waals surface area contributed by atoms with E-state index in [-0.39, 0.29) is 10.3 Å². The van der Waals surface area contributed by atoms with E-state index in [1.807, 2.05) is 6.07 Å². The number of nitrogens with zero attached hydrogens (tertiary/aromatic N) is 1. The van der Waals surface area contributed by atoms with Crippen molar-refractivity contribution in [2.75, 3.05) is 17.8 Å². The zero-order valence-electron chi connectivity index (χ0n) is 20.9. The molecule has 0 radical (unpaired) electrons. The molecule has 4 nitrogen and oxygen atoms in total. The number of aryl methyl sites for hydroxylation is 1. The quantitative estimate of drug-likeness (QED) is 0.374. The van der Waals surface area contributed by atoms with Gasteiger partial charge in [0.15, 0.2) is 0 Å². The van der Waals surface area contributed by atoms with Gasteiger partial charge < -0.3 is 0 Å². The summed E-state index contributed by atoms with van der Waals surface area (Å²) in [4.78, 5) is 2.70. The Morgan fingerprint density at radius 3 is 2.31 bits per heavy atom. The van der Waals surface area contributed by atoms with Crippen LogP contribution in [0.4, 0.5) is 10.1 Å². The van der Waals surface area contributed by atoms with Gasteiger partial charge >= 0.3 is 0 Å². The van der Waals surface area contributed by atoms with Crippen molar-refractivity contribution < 1.29 is 12.8 Å². The molecule has 35 heavy (non-hydrogen) atoms. The first kappa shape index (κ1) is 25.4. The zero-order valence-corrected chi connectivity index (χ0v) is 21.7. The third-order valence-electron chi connectivity index (χ3n) is 6.69. The van der Waals surface area contributed by atoms with Crippen LogP contribution in [0.2, 0.25) is 0 Å². The van der Waals surface area contributed by atoms with Gasteiger partial charge in [-0.15, -0.1) is 0 Å². The molecule has 186 valence electrons. The van der Waals surface area contributed by atoms with E-state index in [0.717, 1.165) is 50.9 Å². The van der Waals surface area contributed by atoms with Crippen LogP contribution in [0.1, 0.15) is 55.9 Å². The van der Waals surface area contributed by atoms with Crippen molar-refractivity contribution in [2.24, 2.45) is 0 Å². The van der Waals surface area contributed by atoms with E-state index in [9.17, 15) is 12.8 Å². The largest absolute Gasteiger partial charge is 0.299 e. The SMILES string of the molecule is CC(C)(C)c1ccc(CCCCN2CCc3cc(S(=O)(=O)Nc4ccc(F)cc4)ccc3C2)cc1. The maximum absolute atomic E-state index is 13.1. The average Bonchev–Trinajstić information content (AvgIpc) is 2.82. The van der Waals surface area contributed by atoms with Gasteiger partial charge in [-0.2, -0.15) is 0 Å². The lowest BCUT2D eigenvalue weighted by atomic mass is 9.86. The molecular formula is C29H35FN2O2S. The molecule has 0 unspecified atom stereocenters. The van der Waals surface area contributed by atoms with Crippen LogP contribution in [0, 0.1) is 5.82 Å². The molecule has 1 aliphatic rings. The van der Waals surface area contributed by atoms with Crippen LogP contribution in [0.25, 0.3) is 0 Å². The van der Waals surface area contributed by atoms with Crippen molar-refractivity contribution in [3.8, 4) is 0 Å². The molecule has 1 heterocycles. The summed E-state index contributed by atoms with van der Waals surface area (Å²) in [5.74, 6) is -0.402. The Morgan fingerprint density at radius 1 is 0.914 bits per heavy atom. The molecule has 0 atom stereocenters. The highest BCUT2D eigenvalue weighted by atomic mass is 32.2. The minimum Gasteiger partial charge on any atom is -0.299 e. The summed E-state index contributed by atoms with van der Waals surface area (Å²) >= 11 is 0. The lowest BCUT2D eigenvalue weighted by molar-refractivity contribution is 0.249. The van der Waals surface area contributed by atoms with E-state index in [2.05, 4.69) is 54.7 Å². The van der Waals surface area contributed by atoms with Gasteiger partial charge in [-0.25, -0.2) is 12.8 Å². The van der Waals surface area contributed by atoms with E-state index in [0.29, 0.717) is 5.69 Å². The van der Waals surface area contributed by atoms with Crippen LogP contribution in [0.5, 0.6) is 0 Å². The number of nitrogens with one attached hydrogen (secondary N) is 1. The first-order valence-corrected chi connectivity index (χ1v) is 13.8. The molecule has 0 amide bonds. The number of fused-ring (bicyclic) bond motifs is 1. The summed E-state index contributed by atoms with van der Waals surface area (Å²) in [6.07, 6.45) is 4.23. The van der Waals surface area contributed by atoms with Gasteiger partial charge in [-0.05, 0) is 96.3 Å². The highest BCUT2D eigenvalue weighted by molar-refractivity contribution is 7.92. The Labute approximate surface area is 209 Å². The van der Waals surface area contributed by atoms with Gasteiger partial charge in [0.05, 0.1) is 4.90 Å². The highest BCUT2D eigenvalue weighted by Crippen LogP contribution is 2.25. The second kappa shape index (κ2) is 10.5. The van der Waals surface area contributed by atoms with Crippen molar-refractivity contribution in [2.45, 2.75) is 63.3 Å². The summed E-state index contributed by atoms with van der Waals surface area (Å²) in [5, 5.41) is 0. The van der Waals surface area contributed by atoms with Crippen molar-refractivity contribution in [1.29, 1.82) is 0 Å². The molecule has 3 aromatic rings. The summed E-state index contributed by atoms with van der Waals surface area (Å²) in [5.41, 5.74) is 5.57. The number of sulfonamides is 1. The summed E-state index contributed by atoms with van der Waals surface area (Å²) < 4.78 is 41.2. The Morgan fingerprint density at radius 2 is 1.63 bits per heavy atom. The number of rotatable bonds is 8. The number of hydrogen-bond donors (Lipinski definition) is 1. The average molecular weight is 495 g/mol. The van der Waals surface area contributed by atoms with Crippen LogP contribution in [-0.4, -0.2) is 26.4 Å². The third-order valence-corrected chi connectivity index (χ3v) is 8.06. The molecule has 0 fully saturated rings. The minimum absolute atomic E-state index is 0.188. The lowest BCUT2D eigenvalue weighted by Crippen LogP contribution is -2.31. The number of unbranched alkanes of at least 4 members (excludes halogenated alkanes) is 1. The van der Waals surface area contributed by atoms with Crippen molar-refractivity contribution in [1.82, 2.24) is 4.90 Å². The monoisotopic (exact) mass is 494 g/mol. The minimum atomic E-state index is -3.71. The predicted molar refractivity (Wildman–Crippen MR) is 141 cm³/mol. The van der Waals surface area contributed by atoms with E-state index < -0.39 is 15.8 Å². The summed E-state index contributed by atoms with van der Waals surface area (Å²) in [6.45, 7) is 9.55. The fourth-order valence-corrected chi connectivity index (χ4v) is 5.62. The maximum atomic E-state index is 13.1. The molecule has 4 rings (SSSR count). The Hall–Kier alpha value is -2.70. The molecular weight excluding hydrogens is 459 g/mol. The van der Waals surface area contributed by atoms with Gasteiger partial charge in [0.2, 0.25) is 0 Å². The van der Waals surface area contributed by atoms with E-state index in [1.54, 1.807) is 12.1 Å². The fraction of sp³-hybridized carbons (Fsp3) is 0.379. The van der Waals surface area contributed by atoms with Crippen LogP contribution in [-0.2, 0) is 34.8 Å². The van der Waals surface area contributed by atoms with E-state index in [1.165, 1.54) is 41.0 Å². The molecule has 1 N–H and O–H groups in total. The van der Waals surface area contributed by atoms with Crippen molar-refractivity contribution in [3.63, 3.8) is 0 Å². The smallest absolute Gasteiger partial charge is 0.261 e. The Kier molecular flexibility index (Phi) is 7.62. The predicted octanol–water partition coefficient (Wildman–Crippen LogP) is 6.31. The first-order valence-electron chi connectivity index (χ1n) is 12.3. The number of benzene rings is 3. The van der Waals surface area contributed by atoms with Gasteiger partial charge in [0.25, 0.3) is 10.0 Å². The fourth-order valence-electron chi connectivity index (χ4n) is 4.51. The molecule has 0 saturated carbocycles. The zero-order chi connectivity index (χ0) is 25.1. The second-order valence-electron chi connectivity index (χ2n) is 10.5. The Bertz CT molecular complexity index is 1250. The number of anilines is 1. The number of halogens is 1. The molecule has 3 aromatic carbocycles. The first-order chi connectivity index (χ1) is 16.6. The normalized spacial score (nSPS) is 14.5. The maximum Gasteiger partial charge on any atom is 0.261 e. The van der Waals surface area contributed by atoms with Gasteiger partial charge in [0, 0.05) is 18.8 Å². The van der Waals surface area contributed by atoms with Crippen LogP contribution in [0.3, 0.4) is 0 Å². The van der Waals surface area contributed by atoms with Crippen LogP contribution < -0.4 is 4.72 Å². The Balaban J connectivity index is 1.28. The van der Waals surface area contributed by atoms with E-state index in [4.69, 9.17) is 0 Å². The van der Waals surface area contributed by atoms with Gasteiger partial charge in [-0.3, -0.25) is 9.62 Å². The number of hydrogen-bond acceptors (Lipinski definition) is 3. The molecule has 0 bridgehead atoms. The van der Waals surface area contributed by atoms with Gasteiger partial charge in [-0.1, -0.05) is 51.1 Å². The van der Waals surface area contributed by atoms with Gasteiger partial charge in [0.1, 0.15) is 5.82 Å². The second-order valence-corrected chi connectivity index (χ2v) is 12.2. The molecule has 0 aliphatic carbocycles. The van der Waals surface area contributed by atoms with Crippen LogP contribution in [0.15, 0.2) is 71.6 Å². The summed E-state index contributed by atoms with van der Waals surface area (Å²) in [6, 6.07) is 19.7. The molecule has 1 aliphatic heterocycles. The van der Waals surface area contributed by atoms with Crippen molar-refractivity contribution >= 4 is 15.7 Å². The molecule has 0 spiro atoms. The topological polar surface area (TPSA) is 49.4 Å². The molecule has 6 heteroatoms. The lowest BCUT2D eigenvalue weighted by Gasteiger charge is -2.29. The summed E-state index contributed by atoms with van der Waals surface area (Å²) in [7, 11) is -3.71. The van der Waals surface area contributed by atoms with Crippen molar-refractivity contribution in [3.05, 3.63) is 94.8 Å². The van der Waals surface area contributed by atoms with Crippen LogP contribution >= 0.6 is 0 Å². The highest BCUT2D eigenvalue weighted by Gasteiger charge is 2.20. The molecule has 0 aromatic heterocycles. The standard InChI is InChI=1S/C29H35FN2O2S/c1-29(2,3)25-10-7-22(8-11-25)6-4-5-18-32-19-17-23-20-28(16-9-24(23)21-32)35(33,34)31-27-14-12-26(30)13-15-27/h7-16,20,31H,4-6,17-19,21H2,1-3H3. The third kappa shape index (κ3) is 6.71. The van der Waals surface area contributed by atoms with E-state index >= 15 is 0 Å². The molecule has 0 saturated heterocycles.